The molecule has 3 heteroatoms. The van der Waals surface area contributed by atoms with E-state index in [4.69, 9.17) is 0 Å². The van der Waals surface area contributed by atoms with Crippen LogP contribution in [0.1, 0.15) is 44.5 Å². The molecule has 0 unspecified atom stereocenters. The lowest BCUT2D eigenvalue weighted by atomic mass is 9.83. The first-order chi connectivity index (χ1) is 9.29. The summed E-state index contributed by atoms with van der Waals surface area (Å²) >= 11 is 3.50. The van der Waals surface area contributed by atoms with Gasteiger partial charge in [0.15, 0.2) is 5.78 Å². The maximum Gasteiger partial charge on any atom is 0.160 e. The molecule has 0 spiro atoms. The van der Waals surface area contributed by atoms with Crippen LogP contribution < -0.4 is 4.90 Å². The van der Waals surface area contributed by atoms with Gasteiger partial charge in [0.05, 0.1) is 0 Å². The second kappa shape index (κ2) is 5.72. The first kappa shape index (κ1) is 15.3. The molecule has 0 saturated heterocycles. The lowest BCUT2D eigenvalue weighted by molar-refractivity contribution is 0.101. The van der Waals surface area contributed by atoms with Crippen molar-refractivity contribution in [2.75, 3.05) is 18.0 Å². The maximum atomic E-state index is 11.5. The van der Waals surface area contributed by atoms with Crippen LogP contribution in [0.3, 0.4) is 0 Å². The van der Waals surface area contributed by atoms with Crippen LogP contribution in [-0.4, -0.2) is 18.9 Å². The molecular formula is C17H22BrNO. The van der Waals surface area contributed by atoms with Crippen LogP contribution in [-0.2, 0) is 0 Å². The zero-order chi connectivity index (χ0) is 14.9. The molecule has 20 heavy (non-hydrogen) atoms. The zero-order valence-electron chi connectivity index (χ0n) is 12.7. The van der Waals surface area contributed by atoms with E-state index in [1.165, 1.54) is 11.3 Å². The van der Waals surface area contributed by atoms with Gasteiger partial charge >= 0.3 is 0 Å². The molecule has 0 aromatic heterocycles. The zero-order valence-corrected chi connectivity index (χ0v) is 14.3. The van der Waals surface area contributed by atoms with Crippen molar-refractivity contribution in [2.24, 2.45) is 5.41 Å². The molecule has 1 aliphatic heterocycles. The largest absolute Gasteiger partial charge is 0.367 e. The minimum absolute atomic E-state index is 0.0944. The molecule has 2 rings (SSSR count). The van der Waals surface area contributed by atoms with Crippen molar-refractivity contribution >= 4 is 27.4 Å². The molecule has 0 atom stereocenters. The van der Waals surface area contributed by atoms with Crippen molar-refractivity contribution < 1.29 is 4.79 Å². The topological polar surface area (TPSA) is 20.3 Å². The fourth-order valence-electron chi connectivity index (χ4n) is 2.57. The van der Waals surface area contributed by atoms with Gasteiger partial charge in [-0.3, -0.25) is 4.79 Å². The van der Waals surface area contributed by atoms with Crippen molar-refractivity contribution in [3.8, 4) is 0 Å². The van der Waals surface area contributed by atoms with E-state index in [1.807, 2.05) is 18.2 Å². The summed E-state index contributed by atoms with van der Waals surface area (Å²) in [5, 5.41) is 0. The Hall–Kier alpha value is -1.09. The summed E-state index contributed by atoms with van der Waals surface area (Å²) in [7, 11) is 0. The summed E-state index contributed by atoms with van der Waals surface area (Å²) in [5.41, 5.74) is 3.72. The van der Waals surface area contributed by atoms with E-state index in [2.05, 4.69) is 47.7 Å². The Morgan fingerprint density at radius 1 is 1.30 bits per heavy atom. The number of carbonyl (C=O) groups is 1. The van der Waals surface area contributed by atoms with Crippen molar-refractivity contribution in [1.29, 1.82) is 0 Å². The third-order valence-electron chi connectivity index (χ3n) is 3.87. The molecule has 1 aromatic carbocycles. The number of rotatable bonds is 2. The number of nitrogens with zero attached hydrogens (tertiary/aromatic N) is 1. The van der Waals surface area contributed by atoms with Gasteiger partial charge in [-0.1, -0.05) is 32.4 Å². The molecule has 0 fully saturated rings. The molecule has 1 heterocycles. The standard InChI is InChI=1S/C17H22BrNO/c1-12(20)15-6-5-14(11-16(15)18)19-9-7-13(8-10-19)17(2,3)4/h5-7,11H,8-10H2,1-4H3. The van der Waals surface area contributed by atoms with Gasteiger partial charge in [-0.05, 0) is 52.9 Å². The number of hydrogen-bond acceptors (Lipinski definition) is 2. The number of benzene rings is 1. The molecule has 108 valence electrons. The maximum absolute atomic E-state index is 11.5. The highest BCUT2D eigenvalue weighted by Crippen LogP contribution is 2.32. The van der Waals surface area contributed by atoms with Crippen LogP contribution >= 0.6 is 15.9 Å². The Balaban J connectivity index is 2.17. The summed E-state index contributed by atoms with van der Waals surface area (Å²) < 4.78 is 0.882. The quantitative estimate of drug-likeness (QED) is 0.569. The van der Waals surface area contributed by atoms with Crippen LogP contribution in [0.25, 0.3) is 0 Å². The number of anilines is 1. The van der Waals surface area contributed by atoms with Gasteiger partial charge in [0.25, 0.3) is 0 Å². The Labute approximate surface area is 130 Å². The first-order valence-corrected chi connectivity index (χ1v) is 7.83. The molecule has 0 aliphatic carbocycles. The molecular weight excluding hydrogens is 314 g/mol. The van der Waals surface area contributed by atoms with E-state index in [1.54, 1.807) is 6.92 Å². The highest BCUT2D eigenvalue weighted by Gasteiger charge is 2.21. The second-order valence-corrected chi connectivity index (χ2v) is 7.25. The minimum atomic E-state index is 0.0944. The van der Waals surface area contributed by atoms with E-state index in [0.29, 0.717) is 0 Å². The summed E-state index contributed by atoms with van der Waals surface area (Å²) in [4.78, 5) is 13.8. The number of Topliss-reactive ketones (excluding diaryl/α,β-unsaturated/α-hetero) is 1. The van der Waals surface area contributed by atoms with Crippen LogP contribution in [0, 0.1) is 5.41 Å². The third-order valence-corrected chi connectivity index (χ3v) is 4.53. The average molecular weight is 336 g/mol. The smallest absolute Gasteiger partial charge is 0.160 e. The van der Waals surface area contributed by atoms with Crippen molar-refractivity contribution in [1.82, 2.24) is 0 Å². The van der Waals surface area contributed by atoms with Gasteiger partial charge in [0.2, 0.25) is 0 Å². The van der Waals surface area contributed by atoms with Crippen molar-refractivity contribution in [2.45, 2.75) is 34.1 Å². The normalized spacial score (nSPS) is 16.1. The highest BCUT2D eigenvalue weighted by atomic mass is 79.9. The molecule has 1 aromatic rings. The molecule has 0 bridgehead atoms. The van der Waals surface area contributed by atoms with E-state index < -0.39 is 0 Å². The average Bonchev–Trinajstić information content (AvgIpc) is 2.37. The first-order valence-electron chi connectivity index (χ1n) is 7.04. The Morgan fingerprint density at radius 2 is 2.00 bits per heavy atom. The van der Waals surface area contributed by atoms with E-state index in [-0.39, 0.29) is 11.2 Å². The molecule has 2 nitrogen and oxygen atoms in total. The Bertz CT molecular complexity index is 555. The SMILES string of the molecule is CC(=O)c1ccc(N2CC=C(C(C)(C)C)CC2)cc1Br. The van der Waals surface area contributed by atoms with Crippen LogP contribution in [0.5, 0.6) is 0 Å². The summed E-state index contributed by atoms with van der Waals surface area (Å²) in [6, 6.07) is 5.99. The minimum Gasteiger partial charge on any atom is -0.367 e. The van der Waals surface area contributed by atoms with Gasteiger partial charge in [0.1, 0.15) is 0 Å². The van der Waals surface area contributed by atoms with Gasteiger partial charge in [-0.15, -0.1) is 0 Å². The van der Waals surface area contributed by atoms with E-state index in [9.17, 15) is 4.79 Å². The fraction of sp³-hybridized carbons (Fsp3) is 0.471. The summed E-state index contributed by atoms with van der Waals surface area (Å²) in [6.45, 7) is 10.4. The number of hydrogen-bond donors (Lipinski definition) is 0. The number of halogens is 1. The number of carbonyl (C=O) groups excluding carboxylic acids is 1. The van der Waals surface area contributed by atoms with Gasteiger partial charge < -0.3 is 4.90 Å². The second-order valence-electron chi connectivity index (χ2n) is 6.40. The number of ketones is 1. The van der Waals surface area contributed by atoms with Gasteiger partial charge in [-0.2, -0.15) is 0 Å². The van der Waals surface area contributed by atoms with Crippen molar-refractivity contribution in [3.05, 3.63) is 39.9 Å². The molecule has 1 aliphatic rings. The van der Waals surface area contributed by atoms with E-state index >= 15 is 0 Å². The van der Waals surface area contributed by atoms with Gasteiger partial charge in [0, 0.05) is 28.8 Å². The summed E-state index contributed by atoms with van der Waals surface area (Å²) in [5.74, 6) is 0.0944. The van der Waals surface area contributed by atoms with Crippen LogP contribution in [0.2, 0.25) is 0 Å². The predicted molar refractivity (Wildman–Crippen MR) is 88.5 cm³/mol. The molecule has 0 amide bonds. The molecule has 0 saturated carbocycles. The molecule has 0 N–H and O–H groups in total. The third kappa shape index (κ3) is 3.32. The lowest BCUT2D eigenvalue weighted by Crippen LogP contribution is -2.31. The Morgan fingerprint density at radius 3 is 2.45 bits per heavy atom. The van der Waals surface area contributed by atoms with Crippen LogP contribution in [0.15, 0.2) is 34.3 Å². The lowest BCUT2D eigenvalue weighted by Gasteiger charge is -2.33. The molecule has 0 radical (unpaired) electrons. The highest BCUT2D eigenvalue weighted by molar-refractivity contribution is 9.10. The van der Waals surface area contributed by atoms with Crippen LogP contribution in [0.4, 0.5) is 5.69 Å². The van der Waals surface area contributed by atoms with E-state index in [0.717, 1.165) is 29.5 Å². The Kier molecular flexibility index (Phi) is 4.38. The predicted octanol–water partition coefficient (Wildman–Crippen LogP) is 4.83. The summed E-state index contributed by atoms with van der Waals surface area (Å²) in [6.07, 6.45) is 3.45. The monoisotopic (exact) mass is 335 g/mol. The fourth-order valence-corrected chi connectivity index (χ4v) is 3.22. The van der Waals surface area contributed by atoms with Gasteiger partial charge in [-0.25, -0.2) is 0 Å². The van der Waals surface area contributed by atoms with Crippen molar-refractivity contribution in [3.63, 3.8) is 0 Å².